The molecule has 3 heteroatoms. The van der Waals surface area contributed by atoms with Gasteiger partial charge in [0.15, 0.2) is 0 Å². The Kier molecular flexibility index (Phi) is 3.04. The minimum absolute atomic E-state index is 0.441. The molecule has 92 valence electrons. The van der Waals surface area contributed by atoms with Crippen molar-refractivity contribution in [1.82, 2.24) is 5.32 Å². The van der Waals surface area contributed by atoms with Gasteiger partial charge < -0.3 is 14.8 Å². The van der Waals surface area contributed by atoms with Crippen LogP contribution in [0.5, 0.6) is 5.75 Å². The van der Waals surface area contributed by atoms with E-state index in [1.807, 2.05) is 0 Å². The van der Waals surface area contributed by atoms with Gasteiger partial charge in [0.2, 0.25) is 0 Å². The van der Waals surface area contributed by atoms with Gasteiger partial charge in [-0.1, -0.05) is 6.07 Å². The van der Waals surface area contributed by atoms with Gasteiger partial charge in [0.1, 0.15) is 5.75 Å². The highest BCUT2D eigenvalue weighted by Crippen LogP contribution is 2.35. The zero-order chi connectivity index (χ0) is 11.7. The molecule has 2 atom stereocenters. The highest BCUT2D eigenvalue weighted by atomic mass is 16.5. The molecule has 2 unspecified atom stereocenters. The summed E-state index contributed by atoms with van der Waals surface area (Å²) in [5.41, 5.74) is 2.87. The Morgan fingerprint density at radius 3 is 3.12 bits per heavy atom. The van der Waals surface area contributed by atoms with Gasteiger partial charge in [-0.25, -0.2) is 0 Å². The lowest BCUT2D eigenvalue weighted by molar-refractivity contribution is 0.175. The third-order valence-electron chi connectivity index (χ3n) is 3.88. The Labute approximate surface area is 102 Å². The fraction of sp³-hybridized carbons (Fsp3) is 0.571. The van der Waals surface area contributed by atoms with E-state index in [2.05, 4.69) is 23.5 Å². The molecule has 2 aliphatic heterocycles. The van der Waals surface area contributed by atoms with Crippen LogP contribution in [0.1, 0.15) is 23.6 Å². The smallest absolute Gasteiger partial charge is 0.119 e. The van der Waals surface area contributed by atoms with Crippen LogP contribution >= 0.6 is 0 Å². The second kappa shape index (κ2) is 4.67. The summed E-state index contributed by atoms with van der Waals surface area (Å²) in [6.45, 7) is 2.86. The van der Waals surface area contributed by atoms with Crippen LogP contribution in [-0.2, 0) is 11.2 Å². The van der Waals surface area contributed by atoms with Crippen molar-refractivity contribution in [2.24, 2.45) is 5.92 Å². The highest BCUT2D eigenvalue weighted by molar-refractivity contribution is 5.39. The minimum atomic E-state index is 0.441. The fourth-order valence-electron chi connectivity index (χ4n) is 2.93. The average molecular weight is 233 g/mol. The second-order valence-electron chi connectivity index (χ2n) is 4.87. The van der Waals surface area contributed by atoms with Crippen LogP contribution in [0.3, 0.4) is 0 Å². The molecule has 2 aliphatic rings. The van der Waals surface area contributed by atoms with Crippen molar-refractivity contribution in [3.05, 3.63) is 29.3 Å². The Morgan fingerprint density at radius 1 is 1.41 bits per heavy atom. The van der Waals surface area contributed by atoms with Crippen molar-refractivity contribution in [3.8, 4) is 5.75 Å². The molecule has 0 saturated carbocycles. The normalized spacial score (nSPS) is 27.8. The topological polar surface area (TPSA) is 30.5 Å². The molecule has 0 bridgehead atoms. The molecule has 0 radical (unpaired) electrons. The molecule has 1 aromatic carbocycles. The first-order valence-electron chi connectivity index (χ1n) is 6.36. The van der Waals surface area contributed by atoms with Crippen LogP contribution in [-0.4, -0.2) is 26.9 Å². The Morgan fingerprint density at radius 2 is 2.35 bits per heavy atom. The Bertz CT molecular complexity index is 399. The monoisotopic (exact) mass is 233 g/mol. The summed E-state index contributed by atoms with van der Waals surface area (Å²) in [6, 6.07) is 6.89. The summed E-state index contributed by atoms with van der Waals surface area (Å²) in [5.74, 6) is 1.57. The zero-order valence-electron chi connectivity index (χ0n) is 10.2. The van der Waals surface area contributed by atoms with E-state index in [1.165, 1.54) is 11.1 Å². The van der Waals surface area contributed by atoms with Crippen LogP contribution in [0.2, 0.25) is 0 Å². The number of rotatable bonds is 2. The number of nitrogens with one attached hydrogen (secondary N) is 1. The Balaban J connectivity index is 1.93. The van der Waals surface area contributed by atoms with E-state index in [0.29, 0.717) is 12.0 Å². The molecule has 2 heterocycles. The quantitative estimate of drug-likeness (QED) is 0.846. The van der Waals surface area contributed by atoms with Gasteiger partial charge >= 0.3 is 0 Å². The number of hydrogen-bond acceptors (Lipinski definition) is 3. The lowest BCUT2D eigenvalue weighted by atomic mass is 9.85. The van der Waals surface area contributed by atoms with Gasteiger partial charge in [0.05, 0.1) is 13.7 Å². The third kappa shape index (κ3) is 2.05. The first-order chi connectivity index (χ1) is 8.38. The van der Waals surface area contributed by atoms with Gasteiger partial charge in [-0.05, 0) is 42.6 Å². The predicted octanol–water partition coefficient (Wildman–Crippen LogP) is 1.92. The molecule has 3 nitrogen and oxygen atoms in total. The number of ether oxygens (including phenoxy) is 2. The lowest BCUT2D eigenvalue weighted by Crippen LogP contribution is -2.35. The molecule has 0 aliphatic carbocycles. The van der Waals surface area contributed by atoms with Crippen molar-refractivity contribution in [3.63, 3.8) is 0 Å². The molecule has 1 N–H and O–H groups in total. The van der Waals surface area contributed by atoms with Gasteiger partial charge in [-0.15, -0.1) is 0 Å². The second-order valence-corrected chi connectivity index (χ2v) is 4.87. The molecule has 1 fully saturated rings. The summed E-state index contributed by atoms with van der Waals surface area (Å²) in [4.78, 5) is 0. The largest absolute Gasteiger partial charge is 0.497 e. The molecule has 0 amide bonds. The molecular weight excluding hydrogens is 214 g/mol. The van der Waals surface area contributed by atoms with Gasteiger partial charge in [0.25, 0.3) is 0 Å². The summed E-state index contributed by atoms with van der Waals surface area (Å²) in [5, 5.41) is 3.63. The standard InChI is InChI=1S/C14H19NO2/c1-16-12-3-2-10-4-6-15-14(13(10)8-12)11-5-7-17-9-11/h2-3,8,11,14-15H,4-7,9H2,1H3. The summed E-state index contributed by atoms with van der Waals surface area (Å²) >= 11 is 0. The molecule has 3 rings (SSSR count). The van der Waals surface area contributed by atoms with Crippen molar-refractivity contribution < 1.29 is 9.47 Å². The van der Waals surface area contributed by atoms with E-state index in [4.69, 9.17) is 9.47 Å². The lowest BCUT2D eigenvalue weighted by Gasteiger charge is -2.31. The minimum Gasteiger partial charge on any atom is -0.497 e. The van der Waals surface area contributed by atoms with Crippen molar-refractivity contribution in [1.29, 1.82) is 0 Å². The van der Waals surface area contributed by atoms with Crippen molar-refractivity contribution in [2.75, 3.05) is 26.9 Å². The van der Waals surface area contributed by atoms with Gasteiger partial charge in [-0.2, -0.15) is 0 Å². The molecular formula is C14H19NO2. The SMILES string of the molecule is COc1ccc2c(c1)C(C1CCOC1)NCC2. The molecule has 0 aromatic heterocycles. The summed E-state index contributed by atoms with van der Waals surface area (Å²) in [7, 11) is 1.73. The maximum absolute atomic E-state index is 5.51. The molecule has 0 spiro atoms. The number of hydrogen-bond donors (Lipinski definition) is 1. The predicted molar refractivity (Wildman–Crippen MR) is 66.4 cm³/mol. The van der Waals surface area contributed by atoms with E-state index < -0.39 is 0 Å². The van der Waals surface area contributed by atoms with E-state index in [9.17, 15) is 0 Å². The maximum Gasteiger partial charge on any atom is 0.119 e. The van der Waals surface area contributed by atoms with E-state index in [0.717, 1.165) is 38.3 Å². The van der Waals surface area contributed by atoms with Gasteiger partial charge in [0, 0.05) is 18.6 Å². The summed E-state index contributed by atoms with van der Waals surface area (Å²) in [6.07, 6.45) is 2.28. The zero-order valence-corrected chi connectivity index (χ0v) is 10.2. The number of methoxy groups -OCH3 is 1. The van der Waals surface area contributed by atoms with Crippen LogP contribution in [0.4, 0.5) is 0 Å². The average Bonchev–Trinajstić information content (AvgIpc) is 2.91. The summed E-state index contributed by atoms with van der Waals surface area (Å²) < 4.78 is 10.8. The van der Waals surface area contributed by atoms with Crippen molar-refractivity contribution in [2.45, 2.75) is 18.9 Å². The van der Waals surface area contributed by atoms with Gasteiger partial charge in [-0.3, -0.25) is 0 Å². The Hall–Kier alpha value is -1.06. The number of benzene rings is 1. The highest BCUT2D eigenvalue weighted by Gasteiger charge is 2.30. The third-order valence-corrected chi connectivity index (χ3v) is 3.88. The first-order valence-corrected chi connectivity index (χ1v) is 6.36. The fourth-order valence-corrected chi connectivity index (χ4v) is 2.93. The first kappa shape index (κ1) is 11.1. The van der Waals surface area contributed by atoms with Crippen molar-refractivity contribution >= 4 is 0 Å². The van der Waals surface area contributed by atoms with E-state index in [-0.39, 0.29) is 0 Å². The molecule has 1 saturated heterocycles. The van der Waals surface area contributed by atoms with Crippen LogP contribution in [0.15, 0.2) is 18.2 Å². The molecule has 17 heavy (non-hydrogen) atoms. The van der Waals surface area contributed by atoms with E-state index in [1.54, 1.807) is 7.11 Å². The van der Waals surface area contributed by atoms with E-state index >= 15 is 0 Å². The molecule has 1 aromatic rings. The number of fused-ring (bicyclic) bond motifs is 1. The van der Waals surface area contributed by atoms with Crippen LogP contribution in [0.25, 0.3) is 0 Å². The van der Waals surface area contributed by atoms with Crippen LogP contribution in [0, 0.1) is 5.92 Å². The van der Waals surface area contributed by atoms with Crippen LogP contribution < -0.4 is 10.1 Å². The maximum atomic E-state index is 5.51.